The summed E-state index contributed by atoms with van der Waals surface area (Å²) >= 11 is 12.0. The summed E-state index contributed by atoms with van der Waals surface area (Å²) in [5, 5.41) is 7.73. The summed E-state index contributed by atoms with van der Waals surface area (Å²) in [5.41, 5.74) is 1.93. The lowest BCUT2D eigenvalue weighted by molar-refractivity contribution is -0.122. The summed E-state index contributed by atoms with van der Waals surface area (Å²) < 4.78 is 5.41. The summed E-state index contributed by atoms with van der Waals surface area (Å²) in [6, 6.07) is 14.8. The van der Waals surface area contributed by atoms with Gasteiger partial charge in [0.15, 0.2) is 0 Å². The lowest BCUT2D eigenvalue weighted by Gasteiger charge is -2.25. The van der Waals surface area contributed by atoms with E-state index in [0.717, 1.165) is 17.7 Å². The van der Waals surface area contributed by atoms with Crippen LogP contribution >= 0.6 is 23.2 Å². The molecule has 25 heavy (non-hydrogen) atoms. The van der Waals surface area contributed by atoms with Crippen molar-refractivity contribution in [1.29, 1.82) is 0 Å². The number of nitrogens with one attached hydrogen (secondary N) is 2. The zero-order chi connectivity index (χ0) is 17.6. The van der Waals surface area contributed by atoms with Crippen LogP contribution in [0.4, 0.5) is 0 Å². The first-order valence-electron chi connectivity index (χ1n) is 8.23. The smallest absolute Gasteiger partial charge is 0.222 e. The lowest BCUT2D eigenvalue weighted by atomic mass is 9.98. The standard InChI is InChI=1S/C19H20Cl2N2O2/c20-15-5-1-13(2-6-15)19(14-3-7-16(21)8-4-14)23-18(24)11-17-12-25-10-9-22-17/h1-8,17,19,22H,9-12H2,(H,23,24). The fourth-order valence-corrected chi connectivity index (χ4v) is 3.12. The topological polar surface area (TPSA) is 50.4 Å². The highest BCUT2D eigenvalue weighted by molar-refractivity contribution is 6.30. The van der Waals surface area contributed by atoms with E-state index in [-0.39, 0.29) is 18.0 Å². The van der Waals surface area contributed by atoms with Gasteiger partial charge in [0.25, 0.3) is 0 Å². The zero-order valence-electron chi connectivity index (χ0n) is 13.7. The Balaban J connectivity index is 1.76. The Morgan fingerprint density at radius 3 is 2.12 bits per heavy atom. The molecule has 0 radical (unpaired) electrons. The van der Waals surface area contributed by atoms with Gasteiger partial charge in [0.2, 0.25) is 5.91 Å². The van der Waals surface area contributed by atoms with Crippen molar-refractivity contribution in [2.24, 2.45) is 0 Å². The van der Waals surface area contributed by atoms with E-state index in [9.17, 15) is 4.79 Å². The van der Waals surface area contributed by atoms with Crippen LogP contribution in [-0.2, 0) is 9.53 Å². The average Bonchev–Trinajstić information content (AvgIpc) is 2.62. The molecule has 1 aliphatic rings. The Bertz CT molecular complexity index is 653. The predicted molar refractivity (Wildman–Crippen MR) is 100 cm³/mol. The molecule has 1 amide bonds. The van der Waals surface area contributed by atoms with Gasteiger partial charge in [-0.2, -0.15) is 0 Å². The third kappa shape index (κ3) is 5.19. The van der Waals surface area contributed by atoms with Gasteiger partial charge in [-0.05, 0) is 35.4 Å². The Morgan fingerprint density at radius 1 is 1.08 bits per heavy atom. The molecular formula is C19H20Cl2N2O2. The molecule has 0 bridgehead atoms. The number of carbonyl (C=O) groups excluding carboxylic acids is 1. The monoisotopic (exact) mass is 378 g/mol. The van der Waals surface area contributed by atoms with Crippen molar-refractivity contribution in [2.45, 2.75) is 18.5 Å². The van der Waals surface area contributed by atoms with Crippen LogP contribution in [0.15, 0.2) is 48.5 Å². The Labute approximate surface area is 157 Å². The number of halogens is 2. The average molecular weight is 379 g/mol. The minimum absolute atomic E-state index is 0.0297. The number of carbonyl (C=O) groups is 1. The van der Waals surface area contributed by atoms with Crippen LogP contribution in [0.1, 0.15) is 23.6 Å². The van der Waals surface area contributed by atoms with Crippen molar-refractivity contribution in [2.75, 3.05) is 19.8 Å². The van der Waals surface area contributed by atoms with Gasteiger partial charge in [0.1, 0.15) is 0 Å². The molecule has 1 aliphatic heterocycles. The summed E-state index contributed by atoms with van der Waals surface area (Å²) in [4.78, 5) is 12.5. The molecule has 2 aromatic carbocycles. The molecule has 1 unspecified atom stereocenters. The molecule has 2 N–H and O–H groups in total. The van der Waals surface area contributed by atoms with Crippen molar-refractivity contribution in [3.8, 4) is 0 Å². The first-order chi connectivity index (χ1) is 12.1. The molecule has 1 heterocycles. The Morgan fingerprint density at radius 2 is 1.64 bits per heavy atom. The molecule has 0 saturated carbocycles. The Hall–Kier alpha value is -1.59. The summed E-state index contributed by atoms with van der Waals surface area (Å²) in [5.74, 6) is -0.0297. The summed E-state index contributed by atoms with van der Waals surface area (Å²) in [6.45, 7) is 2.02. The van der Waals surface area contributed by atoms with E-state index >= 15 is 0 Å². The fraction of sp³-hybridized carbons (Fsp3) is 0.316. The van der Waals surface area contributed by atoms with Crippen LogP contribution in [-0.4, -0.2) is 31.7 Å². The van der Waals surface area contributed by atoms with Crippen LogP contribution in [0.5, 0.6) is 0 Å². The molecule has 0 aliphatic carbocycles. The van der Waals surface area contributed by atoms with Gasteiger partial charge < -0.3 is 15.4 Å². The van der Waals surface area contributed by atoms with Crippen molar-refractivity contribution in [3.63, 3.8) is 0 Å². The maximum absolute atomic E-state index is 12.5. The zero-order valence-corrected chi connectivity index (χ0v) is 15.2. The third-order valence-corrected chi connectivity index (χ3v) is 4.65. The van der Waals surface area contributed by atoms with Crippen LogP contribution in [0.2, 0.25) is 10.0 Å². The highest BCUT2D eigenvalue weighted by atomic mass is 35.5. The minimum atomic E-state index is -0.258. The SMILES string of the molecule is O=C(CC1COCCN1)NC(c1ccc(Cl)cc1)c1ccc(Cl)cc1. The number of amides is 1. The summed E-state index contributed by atoms with van der Waals surface area (Å²) in [6.07, 6.45) is 0.373. The molecule has 3 rings (SSSR count). The van der Waals surface area contributed by atoms with E-state index < -0.39 is 0 Å². The molecule has 6 heteroatoms. The van der Waals surface area contributed by atoms with Gasteiger partial charge in [0.05, 0.1) is 19.3 Å². The highest BCUT2D eigenvalue weighted by Crippen LogP contribution is 2.25. The number of hydrogen-bond acceptors (Lipinski definition) is 3. The fourth-order valence-electron chi connectivity index (χ4n) is 2.86. The van der Waals surface area contributed by atoms with E-state index in [1.165, 1.54) is 0 Å². The van der Waals surface area contributed by atoms with Crippen molar-refractivity contribution < 1.29 is 9.53 Å². The van der Waals surface area contributed by atoms with Crippen molar-refractivity contribution in [3.05, 3.63) is 69.7 Å². The van der Waals surface area contributed by atoms with Gasteiger partial charge in [0, 0.05) is 29.1 Å². The minimum Gasteiger partial charge on any atom is -0.378 e. The van der Waals surface area contributed by atoms with E-state index in [1.54, 1.807) is 0 Å². The first kappa shape index (κ1) is 18.2. The van der Waals surface area contributed by atoms with Crippen molar-refractivity contribution in [1.82, 2.24) is 10.6 Å². The number of ether oxygens (including phenoxy) is 1. The van der Waals surface area contributed by atoms with Crippen LogP contribution in [0.3, 0.4) is 0 Å². The highest BCUT2D eigenvalue weighted by Gasteiger charge is 2.21. The number of rotatable bonds is 5. The maximum atomic E-state index is 12.5. The normalized spacial score (nSPS) is 17.5. The van der Waals surface area contributed by atoms with Gasteiger partial charge in [-0.3, -0.25) is 4.79 Å². The second-order valence-corrected chi connectivity index (χ2v) is 6.91. The first-order valence-corrected chi connectivity index (χ1v) is 8.99. The molecule has 2 aromatic rings. The van der Waals surface area contributed by atoms with E-state index in [4.69, 9.17) is 27.9 Å². The summed E-state index contributed by atoms with van der Waals surface area (Å²) in [7, 11) is 0. The number of benzene rings is 2. The molecule has 1 fully saturated rings. The number of hydrogen-bond donors (Lipinski definition) is 2. The van der Waals surface area contributed by atoms with Gasteiger partial charge in [-0.1, -0.05) is 47.5 Å². The lowest BCUT2D eigenvalue weighted by Crippen LogP contribution is -2.44. The maximum Gasteiger partial charge on any atom is 0.222 e. The molecule has 0 spiro atoms. The third-order valence-electron chi connectivity index (χ3n) is 4.14. The number of morpholine rings is 1. The van der Waals surface area contributed by atoms with E-state index in [2.05, 4.69) is 10.6 Å². The second-order valence-electron chi connectivity index (χ2n) is 6.03. The van der Waals surface area contributed by atoms with Crippen LogP contribution in [0.25, 0.3) is 0 Å². The Kier molecular flexibility index (Phi) is 6.32. The molecule has 0 aromatic heterocycles. The predicted octanol–water partition coefficient (Wildman–Crippen LogP) is 3.58. The van der Waals surface area contributed by atoms with E-state index in [0.29, 0.717) is 29.7 Å². The van der Waals surface area contributed by atoms with E-state index in [1.807, 2.05) is 48.5 Å². The quantitative estimate of drug-likeness (QED) is 0.835. The largest absolute Gasteiger partial charge is 0.378 e. The molecule has 1 saturated heterocycles. The van der Waals surface area contributed by atoms with Crippen LogP contribution in [0, 0.1) is 0 Å². The van der Waals surface area contributed by atoms with Crippen LogP contribution < -0.4 is 10.6 Å². The van der Waals surface area contributed by atoms with Gasteiger partial charge >= 0.3 is 0 Å². The van der Waals surface area contributed by atoms with Gasteiger partial charge in [-0.15, -0.1) is 0 Å². The van der Waals surface area contributed by atoms with Gasteiger partial charge in [-0.25, -0.2) is 0 Å². The second kappa shape index (κ2) is 8.68. The molecule has 4 nitrogen and oxygen atoms in total. The molecule has 132 valence electrons. The molecule has 1 atom stereocenters. The van der Waals surface area contributed by atoms with Crippen molar-refractivity contribution >= 4 is 29.1 Å². The molecular weight excluding hydrogens is 359 g/mol.